The number of hydrogen-bond acceptors (Lipinski definition) is 4. The smallest absolute Gasteiger partial charge is 0.251 e. The van der Waals surface area contributed by atoms with Crippen molar-refractivity contribution >= 4 is 21.8 Å². The quantitative estimate of drug-likeness (QED) is 0.714. The molecule has 2 N–H and O–H groups in total. The number of phenolic OH excluding ortho intramolecular Hbond substituents is 1. The van der Waals surface area contributed by atoms with Gasteiger partial charge in [-0.15, -0.1) is 0 Å². The Morgan fingerprint density at radius 3 is 2.84 bits per heavy atom. The molecule has 6 heteroatoms. The first-order chi connectivity index (χ1) is 9.15. The molecule has 0 fully saturated rings. The molecule has 1 aromatic rings. The number of halogens is 1. The van der Waals surface area contributed by atoms with Gasteiger partial charge in [0.2, 0.25) is 0 Å². The number of ether oxygens (including phenoxy) is 2. The molecule has 0 aliphatic rings. The minimum Gasteiger partial charge on any atom is -0.507 e. The molecule has 0 unspecified atom stereocenters. The minimum absolute atomic E-state index is 0.0514. The van der Waals surface area contributed by atoms with Crippen molar-refractivity contribution in [3.05, 3.63) is 28.2 Å². The lowest BCUT2D eigenvalue weighted by molar-refractivity contribution is 0.0688. The first-order valence-electron chi connectivity index (χ1n) is 5.98. The van der Waals surface area contributed by atoms with Gasteiger partial charge in [-0.2, -0.15) is 0 Å². The van der Waals surface area contributed by atoms with Gasteiger partial charge in [0.05, 0.1) is 17.7 Å². The van der Waals surface area contributed by atoms with Crippen LogP contribution >= 0.6 is 15.9 Å². The highest BCUT2D eigenvalue weighted by Crippen LogP contribution is 2.24. The molecule has 1 amide bonds. The van der Waals surface area contributed by atoms with Gasteiger partial charge in [-0.25, -0.2) is 0 Å². The van der Waals surface area contributed by atoms with Crippen LogP contribution in [0.3, 0.4) is 0 Å². The predicted molar refractivity (Wildman–Crippen MR) is 75.5 cm³/mol. The van der Waals surface area contributed by atoms with Crippen molar-refractivity contribution in [2.45, 2.75) is 6.42 Å². The zero-order valence-corrected chi connectivity index (χ0v) is 12.4. The first-order valence-corrected chi connectivity index (χ1v) is 6.78. The number of nitrogens with one attached hydrogen (secondary N) is 1. The van der Waals surface area contributed by atoms with E-state index in [9.17, 15) is 9.90 Å². The number of benzene rings is 1. The number of methoxy groups -OCH3 is 1. The SMILES string of the molecule is COCCOCCCNC(=O)c1ccc(Br)c(O)c1. The van der Waals surface area contributed by atoms with Gasteiger partial charge in [0.25, 0.3) is 5.91 Å². The van der Waals surface area contributed by atoms with Crippen LogP contribution in [0.2, 0.25) is 0 Å². The molecule has 1 rings (SSSR count). The summed E-state index contributed by atoms with van der Waals surface area (Å²) in [7, 11) is 1.62. The van der Waals surface area contributed by atoms with Crippen molar-refractivity contribution in [2.24, 2.45) is 0 Å². The number of carbonyl (C=O) groups is 1. The third kappa shape index (κ3) is 6.04. The maximum absolute atomic E-state index is 11.7. The summed E-state index contributed by atoms with van der Waals surface area (Å²) in [6.07, 6.45) is 0.734. The Labute approximate surface area is 121 Å². The molecule has 0 spiro atoms. The zero-order valence-electron chi connectivity index (χ0n) is 10.8. The molecular formula is C13H18BrNO4. The fourth-order valence-corrected chi connectivity index (χ4v) is 1.62. The molecule has 1 aromatic carbocycles. The van der Waals surface area contributed by atoms with Crippen molar-refractivity contribution < 1.29 is 19.4 Å². The Hall–Kier alpha value is -1.11. The third-order valence-electron chi connectivity index (χ3n) is 2.39. The summed E-state index contributed by atoms with van der Waals surface area (Å²) >= 11 is 3.16. The van der Waals surface area contributed by atoms with Gasteiger partial charge in [-0.3, -0.25) is 4.79 Å². The highest BCUT2D eigenvalue weighted by atomic mass is 79.9. The van der Waals surface area contributed by atoms with E-state index in [1.54, 1.807) is 19.2 Å². The summed E-state index contributed by atoms with van der Waals surface area (Å²) in [5, 5.41) is 12.2. The van der Waals surface area contributed by atoms with E-state index in [4.69, 9.17) is 9.47 Å². The largest absolute Gasteiger partial charge is 0.507 e. The average molecular weight is 332 g/mol. The molecule has 0 saturated carbocycles. The van der Waals surface area contributed by atoms with E-state index in [2.05, 4.69) is 21.2 Å². The van der Waals surface area contributed by atoms with Crippen molar-refractivity contribution in [1.29, 1.82) is 0 Å². The zero-order chi connectivity index (χ0) is 14.1. The van der Waals surface area contributed by atoms with Gasteiger partial charge in [-0.05, 0) is 40.5 Å². The highest BCUT2D eigenvalue weighted by Gasteiger charge is 2.07. The summed E-state index contributed by atoms with van der Waals surface area (Å²) in [5.41, 5.74) is 0.431. The van der Waals surface area contributed by atoms with Crippen LogP contribution in [0.25, 0.3) is 0 Å². The van der Waals surface area contributed by atoms with E-state index in [-0.39, 0.29) is 11.7 Å². The van der Waals surface area contributed by atoms with Crippen LogP contribution in [-0.2, 0) is 9.47 Å². The molecule has 0 atom stereocenters. The van der Waals surface area contributed by atoms with Crippen LogP contribution in [-0.4, -0.2) is 44.5 Å². The summed E-state index contributed by atoms with van der Waals surface area (Å²) in [4.78, 5) is 11.7. The van der Waals surface area contributed by atoms with Gasteiger partial charge >= 0.3 is 0 Å². The van der Waals surface area contributed by atoms with E-state index in [0.717, 1.165) is 6.42 Å². The highest BCUT2D eigenvalue weighted by molar-refractivity contribution is 9.10. The molecule has 106 valence electrons. The number of amides is 1. The van der Waals surface area contributed by atoms with Crippen molar-refractivity contribution in [3.8, 4) is 5.75 Å². The van der Waals surface area contributed by atoms with Crippen LogP contribution in [0.4, 0.5) is 0 Å². The molecule has 0 radical (unpaired) electrons. The lowest BCUT2D eigenvalue weighted by Gasteiger charge is -2.07. The monoisotopic (exact) mass is 331 g/mol. The molecule has 0 aromatic heterocycles. The Morgan fingerprint density at radius 2 is 2.16 bits per heavy atom. The number of phenols is 1. The molecule has 5 nitrogen and oxygen atoms in total. The van der Waals surface area contributed by atoms with Crippen molar-refractivity contribution in [2.75, 3.05) is 33.5 Å². The summed E-state index contributed by atoms with van der Waals surface area (Å²) in [5.74, 6) is -0.157. The fraction of sp³-hybridized carbons (Fsp3) is 0.462. The normalized spacial score (nSPS) is 10.4. The lowest BCUT2D eigenvalue weighted by Crippen LogP contribution is -2.25. The molecule has 0 bridgehead atoms. The van der Waals surface area contributed by atoms with E-state index >= 15 is 0 Å². The fourth-order valence-electron chi connectivity index (χ4n) is 1.38. The van der Waals surface area contributed by atoms with Crippen LogP contribution in [0.1, 0.15) is 16.8 Å². The topological polar surface area (TPSA) is 67.8 Å². The molecule has 0 aliphatic heterocycles. The van der Waals surface area contributed by atoms with E-state index in [1.807, 2.05) is 0 Å². The second kappa shape index (κ2) is 8.90. The number of carbonyl (C=O) groups excluding carboxylic acids is 1. The molecule has 0 saturated heterocycles. The standard InChI is InChI=1S/C13H18BrNO4/c1-18-7-8-19-6-2-5-15-13(17)10-3-4-11(14)12(16)9-10/h3-4,9,16H,2,5-8H2,1H3,(H,15,17). The van der Waals surface area contributed by atoms with Crippen LogP contribution in [0.15, 0.2) is 22.7 Å². The van der Waals surface area contributed by atoms with Crippen LogP contribution in [0, 0.1) is 0 Å². The van der Waals surface area contributed by atoms with Crippen LogP contribution < -0.4 is 5.32 Å². The number of rotatable bonds is 8. The van der Waals surface area contributed by atoms with Crippen molar-refractivity contribution in [1.82, 2.24) is 5.32 Å². The predicted octanol–water partition coefficient (Wildman–Crippen LogP) is 1.94. The summed E-state index contributed by atoms with van der Waals surface area (Å²) < 4.78 is 10.7. The number of hydrogen-bond donors (Lipinski definition) is 2. The van der Waals surface area contributed by atoms with Crippen molar-refractivity contribution in [3.63, 3.8) is 0 Å². The maximum atomic E-state index is 11.7. The lowest BCUT2D eigenvalue weighted by atomic mass is 10.2. The van der Waals surface area contributed by atoms with Gasteiger partial charge in [0.15, 0.2) is 0 Å². The van der Waals surface area contributed by atoms with E-state index in [1.165, 1.54) is 6.07 Å². The van der Waals surface area contributed by atoms with E-state index < -0.39 is 0 Å². The van der Waals surface area contributed by atoms with Crippen LogP contribution in [0.5, 0.6) is 5.75 Å². The average Bonchev–Trinajstić information content (AvgIpc) is 2.40. The Kier molecular flexibility index (Phi) is 7.47. The van der Waals surface area contributed by atoms with Gasteiger partial charge in [0, 0.05) is 25.8 Å². The van der Waals surface area contributed by atoms with Gasteiger partial charge in [-0.1, -0.05) is 0 Å². The number of aromatic hydroxyl groups is 1. The van der Waals surface area contributed by atoms with Gasteiger partial charge < -0.3 is 19.9 Å². The van der Waals surface area contributed by atoms with E-state index in [0.29, 0.717) is 36.4 Å². The first kappa shape index (κ1) is 15.9. The summed E-state index contributed by atoms with van der Waals surface area (Å²) in [6, 6.07) is 4.71. The third-order valence-corrected chi connectivity index (χ3v) is 3.06. The minimum atomic E-state index is -0.209. The second-order valence-electron chi connectivity index (χ2n) is 3.88. The van der Waals surface area contributed by atoms with Gasteiger partial charge in [0.1, 0.15) is 5.75 Å². The summed E-state index contributed by atoms with van der Waals surface area (Å²) in [6.45, 7) is 2.24. The second-order valence-corrected chi connectivity index (χ2v) is 4.74. The molecule has 19 heavy (non-hydrogen) atoms. The Bertz CT molecular complexity index is 412. The Morgan fingerprint density at radius 1 is 1.37 bits per heavy atom. The molecule has 0 aliphatic carbocycles. The Balaban J connectivity index is 2.22. The molecule has 0 heterocycles. The maximum Gasteiger partial charge on any atom is 0.251 e. The molecular weight excluding hydrogens is 314 g/mol.